The van der Waals surface area contributed by atoms with Crippen molar-refractivity contribution < 1.29 is 9.59 Å². The molecule has 7 nitrogen and oxygen atoms in total. The molecule has 2 saturated heterocycles. The maximum Gasteiger partial charge on any atom is 0.273 e. The van der Waals surface area contributed by atoms with Crippen LogP contribution in [0.15, 0.2) is 23.8 Å². The average molecular weight is 315 g/mol. The van der Waals surface area contributed by atoms with Gasteiger partial charge in [-0.05, 0) is 6.07 Å². The molecule has 2 fully saturated rings. The number of carbonyl (C=O) groups excluding carboxylic acids is 2. The molecule has 0 bridgehead atoms. The van der Waals surface area contributed by atoms with Crippen molar-refractivity contribution in [2.45, 2.75) is 12.5 Å². The number of carbonyl (C=O) groups is 2. The summed E-state index contributed by atoms with van der Waals surface area (Å²) < 4.78 is 0. The molecule has 2 aliphatic heterocycles. The van der Waals surface area contributed by atoms with Crippen molar-refractivity contribution in [2.24, 2.45) is 5.92 Å². The highest BCUT2D eigenvalue weighted by molar-refractivity contribution is 7.13. The average Bonchev–Trinajstić information content (AvgIpc) is 3.21. The molecule has 4 heterocycles. The van der Waals surface area contributed by atoms with Crippen molar-refractivity contribution in [3.63, 3.8) is 0 Å². The third-order valence-electron chi connectivity index (χ3n) is 4.00. The lowest BCUT2D eigenvalue weighted by Gasteiger charge is -2.15. The molecule has 2 aromatic rings. The number of amides is 2. The Morgan fingerprint density at radius 2 is 2.14 bits per heavy atom. The fourth-order valence-corrected chi connectivity index (χ4v) is 3.70. The summed E-state index contributed by atoms with van der Waals surface area (Å²) in [6.45, 7) is 1.17. The van der Waals surface area contributed by atoms with E-state index in [1.165, 1.54) is 11.3 Å². The molecule has 2 aliphatic rings. The second-order valence-electron chi connectivity index (χ2n) is 5.46. The zero-order chi connectivity index (χ0) is 15.1. The first-order valence-corrected chi connectivity index (χ1v) is 7.90. The van der Waals surface area contributed by atoms with Crippen LogP contribution >= 0.6 is 11.3 Å². The topological polar surface area (TPSA) is 88.1 Å². The Morgan fingerprint density at radius 3 is 2.91 bits per heavy atom. The molecule has 2 atom stereocenters. The van der Waals surface area contributed by atoms with Gasteiger partial charge in [0.15, 0.2) is 10.8 Å². The minimum atomic E-state index is -0.0953. The van der Waals surface area contributed by atoms with Gasteiger partial charge in [-0.1, -0.05) is 0 Å². The van der Waals surface area contributed by atoms with Crippen LogP contribution in [0.1, 0.15) is 16.9 Å². The van der Waals surface area contributed by atoms with Gasteiger partial charge < -0.3 is 10.2 Å². The van der Waals surface area contributed by atoms with Gasteiger partial charge in [-0.3, -0.25) is 9.59 Å². The summed E-state index contributed by atoms with van der Waals surface area (Å²) in [6.07, 6.45) is 3.81. The molecule has 8 heteroatoms. The fourth-order valence-electron chi connectivity index (χ4n) is 2.96. The summed E-state index contributed by atoms with van der Waals surface area (Å²) >= 11 is 1.36. The summed E-state index contributed by atoms with van der Waals surface area (Å²) in [5.41, 5.74) is 0.416. The summed E-state index contributed by atoms with van der Waals surface area (Å²) in [5, 5.41) is 5.29. The molecule has 4 rings (SSSR count). The lowest BCUT2D eigenvalue weighted by Crippen LogP contribution is -2.35. The van der Waals surface area contributed by atoms with Gasteiger partial charge >= 0.3 is 0 Å². The van der Waals surface area contributed by atoms with Crippen LogP contribution < -0.4 is 5.32 Å². The van der Waals surface area contributed by atoms with Crippen molar-refractivity contribution in [3.8, 4) is 10.8 Å². The molecular weight excluding hydrogens is 302 g/mol. The number of fused-ring (bicyclic) bond motifs is 1. The van der Waals surface area contributed by atoms with E-state index < -0.39 is 0 Å². The first-order valence-electron chi connectivity index (χ1n) is 7.02. The van der Waals surface area contributed by atoms with Gasteiger partial charge in [0.2, 0.25) is 5.91 Å². The zero-order valence-corrected chi connectivity index (χ0v) is 12.4. The summed E-state index contributed by atoms with van der Waals surface area (Å²) in [7, 11) is 0. The maximum absolute atomic E-state index is 12.5. The van der Waals surface area contributed by atoms with E-state index in [1.807, 2.05) is 0 Å². The first kappa shape index (κ1) is 13.3. The zero-order valence-electron chi connectivity index (χ0n) is 11.6. The number of nitrogens with zero attached hydrogens (tertiary/aromatic N) is 4. The number of hydrogen-bond acceptors (Lipinski definition) is 6. The highest BCUT2D eigenvalue weighted by atomic mass is 32.1. The number of hydrogen-bond donors (Lipinski definition) is 1. The first-order chi connectivity index (χ1) is 10.7. The summed E-state index contributed by atoms with van der Waals surface area (Å²) in [4.78, 5) is 38.2. The molecule has 0 saturated carbocycles. The molecule has 1 N–H and O–H groups in total. The maximum atomic E-state index is 12.5. The van der Waals surface area contributed by atoms with Crippen molar-refractivity contribution in [1.29, 1.82) is 0 Å². The van der Waals surface area contributed by atoms with Gasteiger partial charge in [-0.2, -0.15) is 0 Å². The number of likely N-dealkylation sites (tertiary alicyclic amines) is 1. The molecule has 0 unspecified atom stereocenters. The molecule has 0 aromatic carbocycles. The third-order valence-corrected chi connectivity index (χ3v) is 4.84. The Labute approximate surface area is 130 Å². The Bertz CT molecular complexity index is 716. The summed E-state index contributed by atoms with van der Waals surface area (Å²) in [5.74, 6) is 0.741. The fraction of sp³-hybridized carbons (Fsp3) is 0.357. The molecule has 22 heavy (non-hydrogen) atoms. The van der Waals surface area contributed by atoms with E-state index in [2.05, 4.69) is 20.3 Å². The number of aromatic nitrogens is 3. The molecule has 0 radical (unpaired) electrons. The van der Waals surface area contributed by atoms with E-state index >= 15 is 0 Å². The van der Waals surface area contributed by atoms with Gasteiger partial charge in [0, 0.05) is 43.2 Å². The third kappa shape index (κ3) is 2.25. The lowest BCUT2D eigenvalue weighted by atomic mass is 10.1. The number of nitrogens with one attached hydrogen (secondary N) is 1. The van der Waals surface area contributed by atoms with E-state index in [-0.39, 0.29) is 23.8 Å². The Hall–Kier alpha value is -2.35. The van der Waals surface area contributed by atoms with Crippen LogP contribution in [0.5, 0.6) is 0 Å². The van der Waals surface area contributed by atoms with Crippen molar-refractivity contribution in [3.05, 3.63) is 29.5 Å². The SMILES string of the molecule is O=C1C[C@H]2CN(C(=O)c3csc(-c4ncccn4)n3)C[C@H]2N1. The predicted octanol–water partition coefficient (Wildman–Crippen LogP) is 0.561. The van der Waals surface area contributed by atoms with E-state index in [9.17, 15) is 9.59 Å². The van der Waals surface area contributed by atoms with Crippen LogP contribution in [0.2, 0.25) is 0 Å². The van der Waals surface area contributed by atoms with Gasteiger partial charge in [-0.15, -0.1) is 11.3 Å². The van der Waals surface area contributed by atoms with Crippen molar-refractivity contribution >= 4 is 23.2 Å². The van der Waals surface area contributed by atoms with Crippen LogP contribution in [-0.2, 0) is 4.79 Å². The Morgan fingerprint density at radius 1 is 1.32 bits per heavy atom. The molecule has 0 spiro atoms. The van der Waals surface area contributed by atoms with Crippen LogP contribution in [0.3, 0.4) is 0 Å². The second-order valence-corrected chi connectivity index (χ2v) is 6.32. The smallest absolute Gasteiger partial charge is 0.273 e. The molecule has 2 amide bonds. The molecular formula is C14H13N5O2S. The highest BCUT2D eigenvalue weighted by Crippen LogP contribution is 2.27. The predicted molar refractivity (Wildman–Crippen MR) is 79.1 cm³/mol. The van der Waals surface area contributed by atoms with Crippen molar-refractivity contribution in [1.82, 2.24) is 25.2 Å². The minimum absolute atomic E-state index is 0.0827. The van der Waals surface area contributed by atoms with Crippen LogP contribution in [0.25, 0.3) is 10.8 Å². The molecule has 0 aliphatic carbocycles. The standard InChI is InChI=1S/C14H13N5O2S/c20-11-4-8-5-19(6-9(8)17-11)14(21)10-7-22-13(18-10)12-15-2-1-3-16-12/h1-3,7-9H,4-6H2,(H,17,20)/t8-,9+/m0/s1. The van der Waals surface area contributed by atoms with Crippen LogP contribution in [-0.4, -0.2) is 50.8 Å². The van der Waals surface area contributed by atoms with E-state index in [0.717, 1.165) is 0 Å². The van der Waals surface area contributed by atoms with Gasteiger partial charge in [-0.25, -0.2) is 15.0 Å². The quantitative estimate of drug-likeness (QED) is 0.875. The highest BCUT2D eigenvalue weighted by Gasteiger charge is 2.42. The monoisotopic (exact) mass is 315 g/mol. The summed E-state index contributed by atoms with van der Waals surface area (Å²) in [6, 6.07) is 1.83. The van der Waals surface area contributed by atoms with Crippen LogP contribution in [0, 0.1) is 5.92 Å². The number of thiazole rings is 1. The van der Waals surface area contributed by atoms with Gasteiger partial charge in [0.05, 0.1) is 6.04 Å². The lowest BCUT2D eigenvalue weighted by molar-refractivity contribution is -0.119. The normalized spacial score (nSPS) is 23.5. The van der Waals surface area contributed by atoms with E-state index in [1.54, 1.807) is 28.7 Å². The Kier molecular flexibility index (Phi) is 3.11. The molecule has 112 valence electrons. The van der Waals surface area contributed by atoms with Crippen LogP contribution in [0.4, 0.5) is 0 Å². The Balaban J connectivity index is 1.50. The van der Waals surface area contributed by atoms with Gasteiger partial charge in [0.25, 0.3) is 5.91 Å². The van der Waals surface area contributed by atoms with Gasteiger partial charge in [0.1, 0.15) is 5.69 Å². The van der Waals surface area contributed by atoms with E-state index in [4.69, 9.17) is 0 Å². The largest absolute Gasteiger partial charge is 0.351 e. The second kappa shape index (κ2) is 5.13. The molecule has 2 aromatic heterocycles. The van der Waals surface area contributed by atoms with Crippen molar-refractivity contribution in [2.75, 3.05) is 13.1 Å². The van der Waals surface area contributed by atoms with E-state index in [0.29, 0.717) is 36.0 Å². The minimum Gasteiger partial charge on any atom is -0.351 e. The number of rotatable bonds is 2.